The minimum absolute atomic E-state index is 0.349. The lowest BCUT2D eigenvalue weighted by Gasteiger charge is -2.07. The molecule has 7 heteroatoms. The molecule has 7 nitrogen and oxygen atoms in total. The third kappa shape index (κ3) is 2.93. The van der Waals surface area contributed by atoms with E-state index in [2.05, 4.69) is 15.5 Å². The number of hydrogen-bond donors (Lipinski definition) is 1. The van der Waals surface area contributed by atoms with Gasteiger partial charge in [0.2, 0.25) is 0 Å². The average Bonchev–Trinajstić information content (AvgIpc) is 2.94. The van der Waals surface area contributed by atoms with Crippen LogP contribution in [0.1, 0.15) is 23.0 Å². The number of anilines is 1. The molecule has 102 valence electrons. The molecule has 0 aliphatic rings. The molecule has 0 radical (unpaired) electrons. The van der Waals surface area contributed by atoms with E-state index < -0.39 is 0 Å². The molecule has 0 spiro atoms. The van der Waals surface area contributed by atoms with Crippen LogP contribution in [0.3, 0.4) is 0 Å². The maximum absolute atomic E-state index is 11.8. The van der Waals surface area contributed by atoms with Crippen LogP contribution in [-0.4, -0.2) is 32.1 Å². The maximum atomic E-state index is 11.8. The lowest BCUT2D eigenvalue weighted by Crippen LogP contribution is -2.12. The average molecular weight is 263 g/mol. The Morgan fingerprint density at radius 1 is 1.37 bits per heavy atom. The van der Waals surface area contributed by atoms with Gasteiger partial charge in [-0.05, 0) is 6.92 Å². The summed E-state index contributed by atoms with van der Waals surface area (Å²) < 4.78 is 8.37. The summed E-state index contributed by atoms with van der Waals surface area (Å²) in [4.78, 5) is 11.8. The molecule has 0 saturated heterocycles. The number of aryl methyl sites for hydroxylation is 2. The van der Waals surface area contributed by atoms with E-state index in [1.807, 2.05) is 13.2 Å². The van der Waals surface area contributed by atoms with E-state index >= 15 is 0 Å². The Bertz CT molecular complexity index is 572. The van der Waals surface area contributed by atoms with Crippen molar-refractivity contribution in [3.63, 3.8) is 0 Å². The number of rotatable bonds is 5. The highest BCUT2D eigenvalue weighted by molar-refractivity contribution is 5.90. The molecule has 2 aromatic heterocycles. The van der Waals surface area contributed by atoms with E-state index in [0.717, 1.165) is 11.4 Å². The van der Waals surface area contributed by atoms with Crippen LogP contribution < -0.4 is 5.32 Å². The standard InChI is InChI=1S/C12H17N5O2/c1-4-19-12(18)10-6-15-17(3)11(10)7-13-9-5-14-16(2)8-9/h5-6,8,13H,4,7H2,1-3H3. The third-order valence-corrected chi connectivity index (χ3v) is 2.72. The van der Waals surface area contributed by atoms with E-state index in [1.165, 1.54) is 6.20 Å². The van der Waals surface area contributed by atoms with Crippen LogP contribution in [-0.2, 0) is 25.4 Å². The smallest absolute Gasteiger partial charge is 0.341 e. The molecule has 2 heterocycles. The number of hydrogen-bond acceptors (Lipinski definition) is 5. The quantitative estimate of drug-likeness (QED) is 0.813. The van der Waals surface area contributed by atoms with Gasteiger partial charge in [-0.2, -0.15) is 10.2 Å². The number of carbonyl (C=O) groups excluding carboxylic acids is 1. The first-order valence-electron chi connectivity index (χ1n) is 6.02. The SMILES string of the molecule is CCOC(=O)c1cnn(C)c1CNc1cnn(C)c1. The summed E-state index contributed by atoms with van der Waals surface area (Å²) in [5.41, 5.74) is 2.15. The molecule has 0 bridgehead atoms. The first-order chi connectivity index (χ1) is 9.11. The van der Waals surface area contributed by atoms with Gasteiger partial charge in [0.25, 0.3) is 0 Å². The van der Waals surface area contributed by atoms with Crippen LogP contribution in [0.2, 0.25) is 0 Å². The Balaban J connectivity index is 2.11. The number of nitrogens with one attached hydrogen (secondary N) is 1. The van der Waals surface area contributed by atoms with Gasteiger partial charge in [0.05, 0.1) is 36.9 Å². The number of carbonyl (C=O) groups is 1. The minimum atomic E-state index is -0.349. The van der Waals surface area contributed by atoms with Gasteiger partial charge in [-0.25, -0.2) is 4.79 Å². The molecule has 0 aliphatic carbocycles. The summed E-state index contributed by atoms with van der Waals surface area (Å²) in [6.45, 7) is 2.61. The zero-order valence-corrected chi connectivity index (χ0v) is 11.3. The van der Waals surface area contributed by atoms with E-state index in [-0.39, 0.29) is 5.97 Å². The first kappa shape index (κ1) is 13.1. The van der Waals surface area contributed by atoms with Gasteiger partial charge < -0.3 is 10.1 Å². The second-order valence-corrected chi connectivity index (χ2v) is 4.11. The summed E-state index contributed by atoms with van der Waals surface area (Å²) in [6, 6.07) is 0. The van der Waals surface area contributed by atoms with Crippen molar-refractivity contribution in [3.8, 4) is 0 Å². The minimum Gasteiger partial charge on any atom is -0.462 e. The van der Waals surface area contributed by atoms with Crippen molar-refractivity contribution in [2.24, 2.45) is 14.1 Å². The summed E-state index contributed by atoms with van der Waals surface area (Å²) in [5.74, 6) is -0.349. The van der Waals surface area contributed by atoms with Crippen LogP contribution in [0, 0.1) is 0 Å². The van der Waals surface area contributed by atoms with Gasteiger partial charge in [-0.1, -0.05) is 0 Å². The zero-order valence-electron chi connectivity index (χ0n) is 11.3. The van der Waals surface area contributed by atoms with Gasteiger partial charge in [0.1, 0.15) is 5.56 Å². The molecule has 0 saturated carbocycles. The van der Waals surface area contributed by atoms with Crippen molar-refractivity contribution in [3.05, 3.63) is 29.8 Å². The highest BCUT2D eigenvalue weighted by atomic mass is 16.5. The molecule has 2 aromatic rings. The predicted octanol–water partition coefficient (Wildman–Crippen LogP) is 0.942. The molecule has 0 amide bonds. The molecule has 0 aromatic carbocycles. The van der Waals surface area contributed by atoms with Crippen LogP contribution in [0.15, 0.2) is 18.6 Å². The van der Waals surface area contributed by atoms with Crippen molar-refractivity contribution in [2.45, 2.75) is 13.5 Å². The number of nitrogens with zero attached hydrogens (tertiary/aromatic N) is 4. The lowest BCUT2D eigenvalue weighted by molar-refractivity contribution is 0.0525. The maximum Gasteiger partial charge on any atom is 0.341 e. The van der Waals surface area contributed by atoms with Crippen molar-refractivity contribution >= 4 is 11.7 Å². The molecule has 0 fully saturated rings. The number of esters is 1. The fraction of sp³-hybridized carbons (Fsp3) is 0.417. The Hall–Kier alpha value is -2.31. The van der Waals surface area contributed by atoms with Crippen LogP contribution in [0.25, 0.3) is 0 Å². The summed E-state index contributed by atoms with van der Waals surface area (Å²) in [6.07, 6.45) is 5.11. The molecule has 2 rings (SSSR count). The van der Waals surface area contributed by atoms with Gasteiger partial charge in [-0.15, -0.1) is 0 Å². The van der Waals surface area contributed by atoms with Crippen LogP contribution in [0.5, 0.6) is 0 Å². The monoisotopic (exact) mass is 263 g/mol. The van der Waals surface area contributed by atoms with Crippen molar-refractivity contribution in [1.29, 1.82) is 0 Å². The van der Waals surface area contributed by atoms with E-state index in [9.17, 15) is 4.79 Å². The zero-order chi connectivity index (χ0) is 13.8. The van der Waals surface area contributed by atoms with Gasteiger partial charge in [-0.3, -0.25) is 9.36 Å². The third-order valence-electron chi connectivity index (χ3n) is 2.72. The fourth-order valence-electron chi connectivity index (χ4n) is 1.75. The first-order valence-corrected chi connectivity index (χ1v) is 6.02. The molecule has 1 N–H and O–H groups in total. The predicted molar refractivity (Wildman–Crippen MR) is 69.7 cm³/mol. The van der Waals surface area contributed by atoms with Crippen LogP contribution in [0.4, 0.5) is 5.69 Å². The lowest BCUT2D eigenvalue weighted by atomic mass is 10.2. The van der Waals surface area contributed by atoms with Crippen molar-refractivity contribution < 1.29 is 9.53 Å². The topological polar surface area (TPSA) is 74.0 Å². The summed E-state index contributed by atoms with van der Waals surface area (Å²) in [7, 11) is 3.64. The van der Waals surface area contributed by atoms with E-state index in [4.69, 9.17) is 4.74 Å². The molecule has 0 aliphatic heterocycles. The Kier molecular flexibility index (Phi) is 3.84. The van der Waals surface area contributed by atoms with Gasteiger partial charge >= 0.3 is 5.97 Å². The molecule has 19 heavy (non-hydrogen) atoms. The number of ether oxygens (including phenoxy) is 1. The summed E-state index contributed by atoms with van der Waals surface area (Å²) >= 11 is 0. The second kappa shape index (κ2) is 5.55. The number of aromatic nitrogens is 4. The normalized spacial score (nSPS) is 10.5. The van der Waals surface area contributed by atoms with Gasteiger partial charge in [0.15, 0.2) is 0 Å². The largest absolute Gasteiger partial charge is 0.462 e. The van der Waals surface area contributed by atoms with Gasteiger partial charge in [0, 0.05) is 20.3 Å². The Labute approximate surface area is 111 Å². The summed E-state index contributed by atoms with van der Waals surface area (Å²) in [5, 5.41) is 11.4. The van der Waals surface area contributed by atoms with E-state index in [1.54, 1.807) is 29.5 Å². The Morgan fingerprint density at radius 2 is 2.16 bits per heavy atom. The van der Waals surface area contributed by atoms with Crippen molar-refractivity contribution in [2.75, 3.05) is 11.9 Å². The fourth-order valence-corrected chi connectivity index (χ4v) is 1.75. The molecular weight excluding hydrogens is 246 g/mol. The second-order valence-electron chi connectivity index (χ2n) is 4.11. The molecule has 0 unspecified atom stereocenters. The Morgan fingerprint density at radius 3 is 2.79 bits per heavy atom. The van der Waals surface area contributed by atoms with E-state index in [0.29, 0.717) is 18.7 Å². The molecule has 0 atom stereocenters. The highest BCUT2D eigenvalue weighted by Crippen LogP contribution is 2.12. The van der Waals surface area contributed by atoms with Crippen LogP contribution >= 0.6 is 0 Å². The molecular formula is C12H17N5O2. The van der Waals surface area contributed by atoms with Crippen molar-refractivity contribution in [1.82, 2.24) is 19.6 Å². The highest BCUT2D eigenvalue weighted by Gasteiger charge is 2.16.